The molecule has 0 heterocycles. The Morgan fingerprint density at radius 2 is 2.00 bits per heavy atom. The molecule has 0 atom stereocenters. The second-order valence-corrected chi connectivity index (χ2v) is 2.48. The fraction of sp³-hybridized carbons (Fsp3) is 0.667. The molecule has 0 saturated heterocycles. The lowest BCUT2D eigenvalue weighted by atomic mass is 10.2. The summed E-state index contributed by atoms with van der Waals surface area (Å²) in [4.78, 5) is 10.8. The van der Waals surface area contributed by atoms with Crippen LogP contribution < -0.4 is 0 Å². The highest BCUT2D eigenvalue weighted by Gasteiger charge is 2.28. The third kappa shape index (κ3) is 3.57. The van der Waals surface area contributed by atoms with E-state index in [4.69, 9.17) is 14.2 Å². The van der Waals surface area contributed by atoms with E-state index in [9.17, 15) is 4.79 Å². The first-order chi connectivity index (χ1) is 6.14. The number of rotatable bonds is 6. The average molecular weight is 188 g/mol. The van der Waals surface area contributed by atoms with Gasteiger partial charge in [0.1, 0.15) is 6.61 Å². The summed E-state index contributed by atoms with van der Waals surface area (Å²) in [5.74, 6) is -1.31. The first-order valence-electron chi connectivity index (χ1n) is 4.03. The Kier molecular flexibility index (Phi) is 5.34. The van der Waals surface area contributed by atoms with Crippen LogP contribution in [0.2, 0.25) is 0 Å². The van der Waals surface area contributed by atoms with E-state index in [0.29, 0.717) is 6.42 Å². The van der Waals surface area contributed by atoms with Crippen LogP contribution in [0.25, 0.3) is 0 Å². The zero-order chi connectivity index (χ0) is 10.3. The van der Waals surface area contributed by atoms with Crippen LogP contribution in [-0.4, -0.2) is 32.6 Å². The van der Waals surface area contributed by atoms with Crippen LogP contribution in [0.1, 0.15) is 13.3 Å². The van der Waals surface area contributed by atoms with Gasteiger partial charge in [-0.15, -0.1) is 0 Å². The maximum atomic E-state index is 10.8. The fourth-order valence-electron chi connectivity index (χ4n) is 0.832. The molecule has 13 heavy (non-hydrogen) atoms. The molecule has 0 aliphatic rings. The largest absolute Gasteiger partial charge is 0.457 e. The second kappa shape index (κ2) is 5.72. The van der Waals surface area contributed by atoms with E-state index in [1.807, 2.05) is 6.92 Å². The second-order valence-electron chi connectivity index (χ2n) is 2.48. The van der Waals surface area contributed by atoms with E-state index in [1.165, 1.54) is 14.2 Å². The van der Waals surface area contributed by atoms with Crippen molar-refractivity contribution >= 4 is 5.97 Å². The van der Waals surface area contributed by atoms with Gasteiger partial charge in [0.25, 0.3) is 0 Å². The molecule has 0 aromatic heterocycles. The van der Waals surface area contributed by atoms with Gasteiger partial charge in [-0.25, -0.2) is 4.79 Å². The van der Waals surface area contributed by atoms with E-state index < -0.39 is 11.8 Å². The van der Waals surface area contributed by atoms with E-state index in [2.05, 4.69) is 6.58 Å². The molecule has 0 N–H and O–H groups in total. The van der Waals surface area contributed by atoms with Gasteiger partial charge >= 0.3 is 5.97 Å². The first-order valence-corrected chi connectivity index (χ1v) is 4.03. The summed E-state index contributed by atoms with van der Waals surface area (Å²) in [5.41, 5.74) is 0. The fourth-order valence-corrected chi connectivity index (χ4v) is 0.832. The molecule has 4 heteroatoms. The van der Waals surface area contributed by atoms with Crippen molar-refractivity contribution in [2.24, 2.45) is 0 Å². The molecule has 0 unspecified atom stereocenters. The number of ether oxygens (including phenoxy) is 3. The standard InChI is InChI=1S/C9H16O4/c1-5-8(10)13-7-9(6-2,11-3)12-4/h5H,1,6-7H2,2-4H3. The van der Waals surface area contributed by atoms with Crippen LogP contribution in [0.15, 0.2) is 12.7 Å². The number of carbonyl (C=O) groups is 1. The quantitative estimate of drug-likeness (QED) is 0.356. The van der Waals surface area contributed by atoms with Gasteiger partial charge in [0.05, 0.1) is 0 Å². The summed E-state index contributed by atoms with van der Waals surface area (Å²) < 4.78 is 15.0. The Hall–Kier alpha value is -0.870. The molecule has 0 bridgehead atoms. The minimum absolute atomic E-state index is 0.0708. The van der Waals surface area contributed by atoms with Crippen LogP contribution in [0.4, 0.5) is 0 Å². The number of methoxy groups -OCH3 is 2. The van der Waals surface area contributed by atoms with Crippen molar-refractivity contribution in [1.29, 1.82) is 0 Å². The van der Waals surface area contributed by atoms with E-state index >= 15 is 0 Å². The summed E-state index contributed by atoms with van der Waals surface area (Å²) in [7, 11) is 3.02. The summed E-state index contributed by atoms with van der Waals surface area (Å²) in [6.45, 7) is 5.24. The maximum absolute atomic E-state index is 10.8. The number of esters is 1. The molecule has 0 spiro atoms. The summed E-state index contributed by atoms with van der Waals surface area (Å²) >= 11 is 0. The Morgan fingerprint density at radius 3 is 2.31 bits per heavy atom. The number of hydrogen-bond acceptors (Lipinski definition) is 4. The molecule has 76 valence electrons. The van der Waals surface area contributed by atoms with E-state index in [0.717, 1.165) is 6.08 Å². The molecule has 4 nitrogen and oxygen atoms in total. The molecule has 0 aliphatic carbocycles. The van der Waals surface area contributed by atoms with Crippen molar-refractivity contribution < 1.29 is 19.0 Å². The lowest BCUT2D eigenvalue weighted by molar-refractivity contribution is -0.233. The Bertz CT molecular complexity index is 164. The molecule has 0 fully saturated rings. The molecule has 0 radical (unpaired) electrons. The number of carbonyl (C=O) groups excluding carboxylic acids is 1. The summed E-state index contributed by atoms with van der Waals surface area (Å²) in [5, 5.41) is 0. The third-order valence-electron chi connectivity index (χ3n) is 1.88. The van der Waals surface area contributed by atoms with Gasteiger partial charge in [-0.2, -0.15) is 0 Å². The van der Waals surface area contributed by atoms with Crippen molar-refractivity contribution in [3.05, 3.63) is 12.7 Å². The highest BCUT2D eigenvalue weighted by atomic mass is 16.7. The van der Waals surface area contributed by atoms with Crippen molar-refractivity contribution in [3.63, 3.8) is 0 Å². The van der Waals surface area contributed by atoms with Crippen molar-refractivity contribution in [2.45, 2.75) is 19.1 Å². The van der Waals surface area contributed by atoms with Gasteiger partial charge in [-0.05, 0) is 0 Å². The normalized spacial score (nSPS) is 11.0. The lowest BCUT2D eigenvalue weighted by Crippen LogP contribution is -2.38. The molecule has 0 rings (SSSR count). The molecule has 0 aromatic carbocycles. The van der Waals surface area contributed by atoms with Gasteiger partial charge < -0.3 is 14.2 Å². The minimum atomic E-state index is -0.835. The van der Waals surface area contributed by atoms with Crippen LogP contribution in [0.5, 0.6) is 0 Å². The highest BCUT2D eigenvalue weighted by Crippen LogP contribution is 2.16. The lowest BCUT2D eigenvalue weighted by Gasteiger charge is -2.28. The van der Waals surface area contributed by atoms with Crippen molar-refractivity contribution in [2.75, 3.05) is 20.8 Å². The molecule has 0 aliphatic heterocycles. The van der Waals surface area contributed by atoms with Gasteiger partial charge in [0.15, 0.2) is 0 Å². The van der Waals surface area contributed by atoms with Crippen LogP contribution in [-0.2, 0) is 19.0 Å². The number of hydrogen-bond donors (Lipinski definition) is 0. The monoisotopic (exact) mass is 188 g/mol. The topological polar surface area (TPSA) is 44.8 Å². The average Bonchev–Trinajstić information content (AvgIpc) is 2.20. The predicted octanol–water partition coefficient (Wildman–Crippen LogP) is 1.11. The third-order valence-corrected chi connectivity index (χ3v) is 1.88. The van der Waals surface area contributed by atoms with Gasteiger partial charge in [0, 0.05) is 26.7 Å². The Labute approximate surface area is 78.5 Å². The van der Waals surface area contributed by atoms with Gasteiger partial charge in [-0.1, -0.05) is 13.5 Å². The van der Waals surface area contributed by atoms with Crippen molar-refractivity contribution in [3.8, 4) is 0 Å². The molecule has 0 amide bonds. The van der Waals surface area contributed by atoms with Gasteiger partial charge in [0.2, 0.25) is 5.79 Å². The van der Waals surface area contributed by atoms with Crippen molar-refractivity contribution in [1.82, 2.24) is 0 Å². The van der Waals surface area contributed by atoms with E-state index in [1.54, 1.807) is 0 Å². The van der Waals surface area contributed by atoms with Crippen LogP contribution in [0.3, 0.4) is 0 Å². The Morgan fingerprint density at radius 1 is 1.46 bits per heavy atom. The summed E-state index contributed by atoms with van der Waals surface area (Å²) in [6, 6.07) is 0. The SMILES string of the molecule is C=CC(=O)OCC(CC)(OC)OC. The van der Waals surface area contributed by atoms with Gasteiger partial charge in [-0.3, -0.25) is 0 Å². The molecule has 0 saturated carbocycles. The predicted molar refractivity (Wildman–Crippen MR) is 48.2 cm³/mol. The smallest absolute Gasteiger partial charge is 0.330 e. The first kappa shape index (κ1) is 12.1. The highest BCUT2D eigenvalue weighted by molar-refractivity contribution is 5.81. The molecular weight excluding hydrogens is 172 g/mol. The zero-order valence-electron chi connectivity index (χ0n) is 8.33. The van der Waals surface area contributed by atoms with Crippen LogP contribution in [0, 0.1) is 0 Å². The molecule has 0 aromatic rings. The minimum Gasteiger partial charge on any atom is -0.457 e. The van der Waals surface area contributed by atoms with E-state index in [-0.39, 0.29) is 6.61 Å². The Balaban J connectivity index is 4.09. The maximum Gasteiger partial charge on any atom is 0.330 e. The van der Waals surface area contributed by atoms with Crippen LogP contribution >= 0.6 is 0 Å². The zero-order valence-corrected chi connectivity index (χ0v) is 8.33. The molecular formula is C9H16O4. The summed E-state index contributed by atoms with van der Waals surface area (Å²) in [6.07, 6.45) is 1.70.